The van der Waals surface area contributed by atoms with E-state index in [9.17, 15) is 14.8 Å². The number of nitrogens with one attached hydrogen (secondary N) is 1. The molecule has 0 amide bonds. The van der Waals surface area contributed by atoms with Crippen molar-refractivity contribution in [3.8, 4) is 0 Å². The molecule has 0 aromatic carbocycles. The maximum Gasteiger partial charge on any atom is 0.262 e. The molecule has 0 aliphatic carbocycles. The molecule has 1 aliphatic heterocycles. The van der Waals surface area contributed by atoms with Gasteiger partial charge in [-0.05, 0) is 12.5 Å². The molecule has 26 heavy (non-hydrogen) atoms. The van der Waals surface area contributed by atoms with Gasteiger partial charge < -0.3 is 34.9 Å². The quantitative estimate of drug-likeness (QED) is 0.235. The Balaban J connectivity index is 1.95. The third-order valence-electron chi connectivity index (χ3n) is 3.95. The van der Waals surface area contributed by atoms with E-state index in [0.29, 0.717) is 10.9 Å². The topological polar surface area (TPSA) is 174 Å². The number of nitrogens with two attached hydrogens (primary N) is 1. The van der Waals surface area contributed by atoms with Crippen LogP contribution in [-0.4, -0.2) is 61.6 Å². The number of fused-ring (bicyclic) bond motifs is 1. The van der Waals surface area contributed by atoms with Crippen molar-refractivity contribution in [1.82, 2.24) is 14.5 Å². The fraction of sp³-hybridized carbons (Fsp3) is 0.538. The SMILES string of the molecule is COC1[C@@H](O)[C@@H](OOP(O)CO)O[C@H]1n1cc(C)c2c(=O)[nH]c(N)nc21. The van der Waals surface area contributed by atoms with Crippen LogP contribution in [0.2, 0.25) is 0 Å². The summed E-state index contributed by atoms with van der Waals surface area (Å²) in [5, 5.41) is 19.4. The van der Waals surface area contributed by atoms with Crippen LogP contribution in [0.1, 0.15) is 11.8 Å². The summed E-state index contributed by atoms with van der Waals surface area (Å²) in [6.07, 6.45) is -3.39. The fourth-order valence-corrected chi connectivity index (χ4v) is 3.07. The van der Waals surface area contributed by atoms with E-state index < -0.39 is 45.0 Å². The number of H-pyrrole nitrogens is 1. The van der Waals surface area contributed by atoms with Gasteiger partial charge in [-0.15, -0.1) is 0 Å². The lowest BCUT2D eigenvalue weighted by atomic mass is 10.2. The lowest BCUT2D eigenvalue weighted by molar-refractivity contribution is -0.332. The average molecular weight is 390 g/mol. The molecular weight excluding hydrogens is 371 g/mol. The van der Waals surface area contributed by atoms with E-state index in [1.165, 1.54) is 11.7 Å². The molecule has 3 rings (SSSR count). The highest BCUT2D eigenvalue weighted by molar-refractivity contribution is 7.45. The van der Waals surface area contributed by atoms with Gasteiger partial charge >= 0.3 is 0 Å². The molecular formula is C13H19N4O8P. The minimum atomic E-state index is -2.21. The highest BCUT2D eigenvalue weighted by Crippen LogP contribution is 2.37. The summed E-state index contributed by atoms with van der Waals surface area (Å²) in [7, 11) is -0.845. The summed E-state index contributed by atoms with van der Waals surface area (Å²) in [5.41, 5.74) is 6.10. The summed E-state index contributed by atoms with van der Waals surface area (Å²) in [4.78, 5) is 32.8. The van der Waals surface area contributed by atoms with E-state index in [0.717, 1.165) is 0 Å². The summed E-state index contributed by atoms with van der Waals surface area (Å²) in [5.74, 6) is -0.0700. The number of nitrogen functional groups attached to an aromatic ring is 1. The van der Waals surface area contributed by atoms with Crippen LogP contribution in [0.4, 0.5) is 5.95 Å². The lowest BCUT2D eigenvalue weighted by Crippen LogP contribution is -2.34. The standard InChI is InChI=1S/C13H19N4O8P/c1-5-3-17(9-6(5)10(20)16-13(14)15-9)11-8(22-2)7(19)12(23-11)24-25-26(21)4-18/h3,7-8,11-12,18-19,21H,4H2,1-2H3,(H3,14,15,16,20)/t7-,8?,11-,12-,26?/m1/s1. The number of aliphatic hydroxyl groups is 2. The van der Waals surface area contributed by atoms with Gasteiger partial charge in [-0.25, -0.2) is 0 Å². The number of anilines is 1. The van der Waals surface area contributed by atoms with Crippen molar-refractivity contribution in [2.45, 2.75) is 31.6 Å². The Morgan fingerprint density at radius 1 is 1.54 bits per heavy atom. The zero-order valence-corrected chi connectivity index (χ0v) is 14.8. The van der Waals surface area contributed by atoms with Crippen molar-refractivity contribution in [3.63, 3.8) is 0 Å². The lowest BCUT2D eigenvalue weighted by Gasteiger charge is -2.20. The number of aromatic amines is 1. The summed E-state index contributed by atoms with van der Waals surface area (Å²) in [6, 6.07) is 0. The van der Waals surface area contributed by atoms with Gasteiger partial charge in [0.15, 0.2) is 11.9 Å². The van der Waals surface area contributed by atoms with Crippen LogP contribution in [0, 0.1) is 6.92 Å². The van der Waals surface area contributed by atoms with Crippen molar-refractivity contribution in [2.75, 3.05) is 19.2 Å². The Morgan fingerprint density at radius 3 is 2.92 bits per heavy atom. The van der Waals surface area contributed by atoms with E-state index in [1.54, 1.807) is 13.1 Å². The Hall–Kier alpha value is -1.63. The van der Waals surface area contributed by atoms with Gasteiger partial charge in [0.2, 0.25) is 20.6 Å². The first-order chi connectivity index (χ1) is 12.4. The number of aliphatic hydroxyl groups excluding tert-OH is 2. The molecule has 12 nitrogen and oxygen atoms in total. The van der Waals surface area contributed by atoms with Gasteiger partial charge in [-0.1, -0.05) is 0 Å². The molecule has 2 aromatic heterocycles. The first-order valence-corrected chi connectivity index (χ1v) is 8.91. The number of ether oxygens (including phenoxy) is 2. The van der Waals surface area contributed by atoms with Gasteiger partial charge in [0.05, 0.1) is 5.39 Å². The van der Waals surface area contributed by atoms with Crippen molar-refractivity contribution in [1.29, 1.82) is 0 Å². The normalized spacial score (nSPS) is 27.3. The number of hydrogen-bond acceptors (Lipinski definition) is 10. The molecule has 1 saturated heterocycles. The Labute approximate surface area is 147 Å². The van der Waals surface area contributed by atoms with E-state index in [4.69, 9.17) is 25.2 Å². The molecule has 1 aliphatic rings. The highest BCUT2D eigenvalue weighted by Gasteiger charge is 2.47. The zero-order valence-electron chi connectivity index (χ0n) is 13.9. The van der Waals surface area contributed by atoms with Gasteiger partial charge in [-0.2, -0.15) is 14.5 Å². The van der Waals surface area contributed by atoms with E-state index >= 15 is 0 Å². The largest absolute Gasteiger partial charge is 0.387 e. The number of aromatic nitrogens is 3. The molecule has 144 valence electrons. The number of hydrogen-bond donors (Lipinski definition) is 5. The van der Waals surface area contributed by atoms with Crippen molar-refractivity contribution >= 4 is 25.4 Å². The van der Waals surface area contributed by atoms with Crippen molar-refractivity contribution in [3.05, 3.63) is 22.1 Å². The molecule has 0 saturated carbocycles. The first-order valence-electron chi connectivity index (χ1n) is 7.51. The van der Waals surface area contributed by atoms with Crippen LogP contribution in [-0.2, 0) is 19.0 Å². The first kappa shape index (κ1) is 19.1. The van der Waals surface area contributed by atoms with Crippen LogP contribution in [0.25, 0.3) is 11.0 Å². The molecule has 0 spiro atoms. The fourth-order valence-electron chi connectivity index (χ4n) is 2.84. The second kappa shape index (κ2) is 7.55. The second-order valence-electron chi connectivity index (χ2n) is 5.62. The average Bonchev–Trinajstić information content (AvgIpc) is 3.09. The number of methoxy groups -OCH3 is 1. The van der Waals surface area contributed by atoms with Crippen LogP contribution in [0.5, 0.6) is 0 Å². The van der Waals surface area contributed by atoms with Gasteiger partial charge in [0, 0.05) is 13.3 Å². The van der Waals surface area contributed by atoms with Gasteiger partial charge in [-0.3, -0.25) is 9.78 Å². The molecule has 3 heterocycles. The Morgan fingerprint density at radius 2 is 2.27 bits per heavy atom. The molecule has 5 atom stereocenters. The molecule has 1 fully saturated rings. The van der Waals surface area contributed by atoms with Crippen LogP contribution < -0.4 is 11.3 Å². The van der Waals surface area contributed by atoms with Gasteiger partial charge in [0.25, 0.3) is 5.56 Å². The Kier molecular flexibility index (Phi) is 5.55. The minimum Gasteiger partial charge on any atom is -0.387 e. The molecule has 0 radical (unpaired) electrons. The van der Waals surface area contributed by atoms with Gasteiger partial charge in [0.1, 0.15) is 18.6 Å². The predicted octanol–water partition coefficient (Wildman–Crippen LogP) is -0.952. The van der Waals surface area contributed by atoms with E-state index in [-0.39, 0.29) is 11.6 Å². The number of aryl methyl sites for hydroxylation is 1. The molecule has 6 N–H and O–H groups in total. The Bertz CT molecular complexity index is 841. The van der Waals surface area contributed by atoms with Crippen molar-refractivity contribution < 1.29 is 34.1 Å². The third-order valence-corrected chi connectivity index (χ3v) is 4.45. The minimum absolute atomic E-state index is 0.0700. The maximum absolute atomic E-state index is 12.1. The summed E-state index contributed by atoms with van der Waals surface area (Å²) >= 11 is 0. The number of nitrogens with zero attached hydrogens (tertiary/aromatic N) is 2. The summed E-state index contributed by atoms with van der Waals surface area (Å²) in [6.45, 7) is 1.72. The van der Waals surface area contributed by atoms with E-state index in [1.807, 2.05) is 0 Å². The highest BCUT2D eigenvalue weighted by atomic mass is 31.2. The molecule has 2 aromatic rings. The smallest absolute Gasteiger partial charge is 0.262 e. The van der Waals surface area contributed by atoms with Crippen molar-refractivity contribution in [2.24, 2.45) is 0 Å². The van der Waals surface area contributed by atoms with Crippen LogP contribution in [0.3, 0.4) is 0 Å². The maximum atomic E-state index is 12.1. The third kappa shape index (κ3) is 3.33. The van der Waals surface area contributed by atoms with Crippen LogP contribution in [0.15, 0.2) is 11.0 Å². The second-order valence-corrected chi connectivity index (χ2v) is 6.76. The molecule has 0 bridgehead atoms. The zero-order chi connectivity index (χ0) is 19.0. The molecule has 2 unspecified atom stereocenters. The molecule has 13 heteroatoms. The van der Waals surface area contributed by atoms with Crippen LogP contribution >= 0.6 is 8.38 Å². The van der Waals surface area contributed by atoms with E-state index in [2.05, 4.69) is 14.6 Å². The monoisotopic (exact) mass is 390 g/mol. The summed E-state index contributed by atoms with van der Waals surface area (Å²) < 4.78 is 17.0. The predicted molar refractivity (Wildman–Crippen MR) is 88.6 cm³/mol. The number of rotatable bonds is 6.